The molecule has 3 aromatic rings. The first-order valence-electron chi connectivity index (χ1n) is 11.0. The monoisotopic (exact) mass is 482 g/mol. The molecule has 3 aromatic carbocycles. The Morgan fingerprint density at radius 2 is 1.65 bits per heavy atom. The van der Waals surface area contributed by atoms with Crippen molar-refractivity contribution < 1.29 is 22.7 Å². The van der Waals surface area contributed by atoms with E-state index in [1.165, 1.54) is 31.9 Å². The van der Waals surface area contributed by atoms with E-state index in [4.69, 9.17) is 9.47 Å². The lowest BCUT2D eigenvalue weighted by molar-refractivity contribution is -0.120. The van der Waals surface area contributed by atoms with Gasteiger partial charge < -0.3 is 14.8 Å². The summed E-state index contributed by atoms with van der Waals surface area (Å²) in [6.07, 6.45) is 0.926. The highest BCUT2D eigenvalue weighted by atomic mass is 32.2. The Bertz CT molecular complexity index is 1210. The van der Waals surface area contributed by atoms with Gasteiger partial charge in [-0.2, -0.15) is 0 Å². The lowest BCUT2D eigenvalue weighted by atomic mass is 10.1. The van der Waals surface area contributed by atoms with Crippen LogP contribution in [0.1, 0.15) is 31.0 Å². The predicted octanol–water partition coefficient (Wildman–Crippen LogP) is 4.34. The lowest BCUT2D eigenvalue weighted by Gasteiger charge is -2.27. The van der Waals surface area contributed by atoms with Gasteiger partial charge in [0.05, 0.1) is 30.8 Å². The highest BCUT2D eigenvalue weighted by Crippen LogP contribution is 2.35. The van der Waals surface area contributed by atoms with Crippen LogP contribution in [0.5, 0.6) is 11.5 Å². The smallest absolute Gasteiger partial charge is 0.264 e. The fraction of sp³-hybridized carbons (Fsp3) is 0.269. The zero-order valence-electron chi connectivity index (χ0n) is 19.8. The van der Waals surface area contributed by atoms with Gasteiger partial charge in [0.1, 0.15) is 18.0 Å². The van der Waals surface area contributed by atoms with Gasteiger partial charge in [0, 0.05) is 6.07 Å². The topological polar surface area (TPSA) is 84.9 Å². The van der Waals surface area contributed by atoms with Crippen LogP contribution in [0.25, 0.3) is 0 Å². The van der Waals surface area contributed by atoms with Gasteiger partial charge in [0.2, 0.25) is 5.91 Å². The van der Waals surface area contributed by atoms with Gasteiger partial charge in [-0.15, -0.1) is 0 Å². The Hall–Kier alpha value is -3.52. The van der Waals surface area contributed by atoms with Crippen LogP contribution in [-0.4, -0.2) is 35.1 Å². The summed E-state index contributed by atoms with van der Waals surface area (Å²) in [4.78, 5) is 13.1. The van der Waals surface area contributed by atoms with Crippen molar-refractivity contribution in [3.63, 3.8) is 0 Å². The summed E-state index contributed by atoms with van der Waals surface area (Å²) in [6.45, 7) is 3.51. The van der Waals surface area contributed by atoms with Gasteiger partial charge in [-0.3, -0.25) is 9.10 Å². The number of hydrogen-bond donors (Lipinski definition) is 1. The number of anilines is 1. The molecule has 7 nitrogen and oxygen atoms in total. The Balaban J connectivity index is 1.95. The van der Waals surface area contributed by atoms with Crippen molar-refractivity contribution in [3.05, 3.63) is 83.9 Å². The number of amides is 1. The Kier molecular flexibility index (Phi) is 8.17. The number of nitrogens with zero attached hydrogens (tertiary/aromatic N) is 1. The molecule has 0 unspecified atom stereocenters. The molecule has 0 fully saturated rings. The Morgan fingerprint density at radius 3 is 2.24 bits per heavy atom. The molecular formula is C26H30N2O5S. The number of rotatable bonds is 10. The van der Waals surface area contributed by atoms with E-state index in [0.29, 0.717) is 11.5 Å². The minimum atomic E-state index is -4.08. The largest absolute Gasteiger partial charge is 0.497 e. The second kappa shape index (κ2) is 11.1. The number of carbonyl (C=O) groups excluding carboxylic acids is 1. The molecule has 1 N–H and O–H groups in total. The summed E-state index contributed by atoms with van der Waals surface area (Å²) in [6, 6.07) is 20.5. The molecule has 34 heavy (non-hydrogen) atoms. The Labute approximate surface area is 201 Å². The third-order valence-electron chi connectivity index (χ3n) is 5.54. The lowest BCUT2D eigenvalue weighted by Crippen LogP contribution is -2.41. The molecule has 0 aliphatic heterocycles. The van der Waals surface area contributed by atoms with Crippen molar-refractivity contribution in [2.45, 2.75) is 31.2 Å². The maximum absolute atomic E-state index is 13.6. The summed E-state index contributed by atoms with van der Waals surface area (Å²) in [5, 5.41) is 2.91. The second-order valence-electron chi connectivity index (χ2n) is 7.75. The first-order valence-corrected chi connectivity index (χ1v) is 12.4. The van der Waals surface area contributed by atoms with Crippen LogP contribution in [0.3, 0.4) is 0 Å². The molecule has 3 rings (SSSR count). The Morgan fingerprint density at radius 1 is 0.971 bits per heavy atom. The number of nitrogens with one attached hydrogen (secondary N) is 1. The van der Waals surface area contributed by atoms with E-state index >= 15 is 0 Å². The van der Waals surface area contributed by atoms with Gasteiger partial charge >= 0.3 is 0 Å². The van der Waals surface area contributed by atoms with Crippen molar-refractivity contribution in [2.75, 3.05) is 25.1 Å². The van der Waals surface area contributed by atoms with E-state index in [-0.39, 0.29) is 16.6 Å². The summed E-state index contributed by atoms with van der Waals surface area (Å²) in [7, 11) is -1.15. The van der Waals surface area contributed by atoms with E-state index in [1.807, 2.05) is 31.2 Å². The van der Waals surface area contributed by atoms with Crippen molar-refractivity contribution in [1.82, 2.24) is 5.32 Å². The number of benzene rings is 3. The summed E-state index contributed by atoms with van der Waals surface area (Å²) < 4.78 is 39.0. The van der Waals surface area contributed by atoms with Crippen LogP contribution in [-0.2, 0) is 21.2 Å². The van der Waals surface area contributed by atoms with E-state index in [2.05, 4.69) is 12.2 Å². The third-order valence-corrected chi connectivity index (χ3v) is 7.31. The zero-order valence-corrected chi connectivity index (χ0v) is 20.6. The van der Waals surface area contributed by atoms with E-state index in [1.54, 1.807) is 36.4 Å². The molecule has 0 spiro atoms. The van der Waals surface area contributed by atoms with Crippen LogP contribution in [0.2, 0.25) is 0 Å². The molecule has 180 valence electrons. The van der Waals surface area contributed by atoms with E-state index in [0.717, 1.165) is 16.3 Å². The number of aryl methyl sites for hydroxylation is 1. The zero-order chi connectivity index (χ0) is 24.7. The molecule has 0 aromatic heterocycles. The van der Waals surface area contributed by atoms with Crippen molar-refractivity contribution in [1.29, 1.82) is 0 Å². The average Bonchev–Trinajstić information content (AvgIpc) is 2.87. The van der Waals surface area contributed by atoms with E-state index < -0.39 is 22.5 Å². The number of sulfonamides is 1. The summed E-state index contributed by atoms with van der Waals surface area (Å²) >= 11 is 0. The van der Waals surface area contributed by atoms with Crippen LogP contribution in [0.15, 0.2) is 77.7 Å². The standard InChI is InChI=1S/C26H30N2O5S/c1-5-20-11-13-21(14-12-20)19(2)27-26(29)18-28(34(30,31)23-9-7-6-8-10-23)24-17-22(32-3)15-16-25(24)33-4/h6-17,19H,5,18H2,1-4H3,(H,27,29)/t19-/m1/s1. The minimum absolute atomic E-state index is 0.0656. The SMILES string of the molecule is CCc1ccc([C@@H](C)NC(=O)CN(c2cc(OC)ccc2OC)S(=O)(=O)c2ccccc2)cc1. The quantitative estimate of drug-likeness (QED) is 0.465. The second-order valence-corrected chi connectivity index (χ2v) is 9.61. The molecule has 1 amide bonds. The van der Waals surface area contributed by atoms with Gasteiger partial charge in [-0.05, 0) is 48.7 Å². The molecule has 0 bridgehead atoms. The fourth-order valence-electron chi connectivity index (χ4n) is 3.55. The van der Waals surface area contributed by atoms with Gasteiger partial charge in [0.25, 0.3) is 10.0 Å². The van der Waals surface area contributed by atoms with E-state index in [9.17, 15) is 13.2 Å². The molecule has 0 aliphatic rings. The van der Waals surface area contributed by atoms with Crippen LogP contribution in [0, 0.1) is 0 Å². The van der Waals surface area contributed by atoms with Gasteiger partial charge in [-0.25, -0.2) is 8.42 Å². The normalized spacial score (nSPS) is 12.0. The van der Waals surface area contributed by atoms with Gasteiger partial charge in [-0.1, -0.05) is 49.4 Å². The highest BCUT2D eigenvalue weighted by Gasteiger charge is 2.30. The highest BCUT2D eigenvalue weighted by molar-refractivity contribution is 7.92. The maximum Gasteiger partial charge on any atom is 0.264 e. The van der Waals surface area contributed by atoms with Crippen LogP contribution in [0.4, 0.5) is 5.69 Å². The first-order chi connectivity index (χ1) is 16.3. The van der Waals surface area contributed by atoms with Crippen molar-refractivity contribution in [3.8, 4) is 11.5 Å². The molecule has 0 saturated heterocycles. The number of hydrogen-bond acceptors (Lipinski definition) is 5. The molecule has 0 aliphatic carbocycles. The van der Waals surface area contributed by atoms with Crippen molar-refractivity contribution in [2.24, 2.45) is 0 Å². The fourth-order valence-corrected chi connectivity index (χ4v) is 5.00. The molecule has 0 radical (unpaired) electrons. The molecule has 1 atom stereocenters. The molecular weight excluding hydrogens is 452 g/mol. The summed E-state index contributed by atoms with van der Waals surface area (Å²) in [5.41, 5.74) is 2.34. The summed E-state index contributed by atoms with van der Waals surface area (Å²) in [5.74, 6) is 0.293. The molecule has 0 heterocycles. The third kappa shape index (κ3) is 5.69. The minimum Gasteiger partial charge on any atom is -0.497 e. The number of ether oxygens (including phenoxy) is 2. The predicted molar refractivity (Wildman–Crippen MR) is 133 cm³/mol. The van der Waals surface area contributed by atoms with Crippen molar-refractivity contribution >= 4 is 21.6 Å². The van der Waals surface area contributed by atoms with Gasteiger partial charge in [0.15, 0.2) is 0 Å². The van der Waals surface area contributed by atoms with Crippen LogP contribution >= 0.6 is 0 Å². The maximum atomic E-state index is 13.6. The first kappa shape index (κ1) is 25.1. The number of methoxy groups -OCH3 is 2. The molecule has 0 saturated carbocycles. The average molecular weight is 483 g/mol. The van der Waals surface area contributed by atoms with Crippen LogP contribution < -0.4 is 19.1 Å². The molecule has 8 heteroatoms. The number of carbonyl (C=O) groups is 1.